The van der Waals surface area contributed by atoms with Crippen LogP contribution in [-0.2, 0) is 6.54 Å². The van der Waals surface area contributed by atoms with E-state index in [1.165, 1.54) is 0 Å². The Morgan fingerprint density at radius 3 is 2.60 bits per heavy atom. The molecule has 1 fully saturated rings. The molecule has 3 rings (SSSR count). The summed E-state index contributed by atoms with van der Waals surface area (Å²) < 4.78 is 2.78. The molecular formula is C14H19N5S. The van der Waals surface area contributed by atoms with Crippen LogP contribution < -0.4 is 5.32 Å². The highest BCUT2D eigenvalue weighted by Crippen LogP contribution is 2.16. The van der Waals surface area contributed by atoms with Crippen molar-refractivity contribution in [3.05, 3.63) is 35.1 Å². The Morgan fingerprint density at radius 2 is 1.85 bits per heavy atom. The zero-order valence-corrected chi connectivity index (χ0v) is 12.2. The third kappa shape index (κ3) is 2.98. The van der Waals surface area contributed by atoms with Gasteiger partial charge in [-0.25, -0.2) is 0 Å². The molecule has 1 saturated heterocycles. The van der Waals surface area contributed by atoms with Crippen LogP contribution in [0.15, 0.2) is 30.3 Å². The summed E-state index contributed by atoms with van der Waals surface area (Å²) in [6, 6.07) is 10.2. The molecule has 2 heterocycles. The number of aromatic amines is 1. The number of H-pyrrole nitrogens is 1. The summed E-state index contributed by atoms with van der Waals surface area (Å²) in [6.45, 7) is 6.23. The van der Waals surface area contributed by atoms with Crippen molar-refractivity contribution < 1.29 is 0 Å². The fraction of sp³-hybridized carbons (Fsp3) is 0.429. The van der Waals surface area contributed by atoms with E-state index in [4.69, 9.17) is 12.2 Å². The van der Waals surface area contributed by atoms with Gasteiger partial charge in [-0.3, -0.25) is 14.6 Å². The molecule has 20 heavy (non-hydrogen) atoms. The lowest BCUT2D eigenvalue weighted by atomic mass is 10.2. The van der Waals surface area contributed by atoms with Crippen LogP contribution in [0.5, 0.6) is 0 Å². The molecule has 1 aliphatic heterocycles. The second kappa shape index (κ2) is 6.30. The standard InChI is InChI=1S/C14H19N5S/c20-14-17-16-13(12-4-2-1-3-5-12)19(14)11-10-18-8-6-15-7-9-18/h1-5,15H,6-11H2,(H,17,20). The number of benzene rings is 1. The first-order valence-corrected chi connectivity index (χ1v) is 7.39. The van der Waals surface area contributed by atoms with E-state index in [9.17, 15) is 0 Å². The Hall–Kier alpha value is -1.50. The van der Waals surface area contributed by atoms with Gasteiger partial charge in [0.05, 0.1) is 0 Å². The van der Waals surface area contributed by atoms with Crippen molar-refractivity contribution in [3.8, 4) is 11.4 Å². The molecule has 2 N–H and O–H groups in total. The molecule has 0 bridgehead atoms. The number of piperazine rings is 1. The molecule has 2 aromatic rings. The van der Waals surface area contributed by atoms with Crippen molar-refractivity contribution in [3.63, 3.8) is 0 Å². The van der Waals surface area contributed by atoms with E-state index >= 15 is 0 Å². The highest BCUT2D eigenvalue weighted by Gasteiger charge is 2.12. The second-order valence-corrected chi connectivity index (χ2v) is 5.35. The number of nitrogens with one attached hydrogen (secondary N) is 2. The van der Waals surface area contributed by atoms with Crippen LogP contribution in [-0.4, -0.2) is 52.4 Å². The van der Waals surface area contributed by atoms with Gasteiger partial charge in [0.2, 0.25) is 0 Å². The maximum absolute atomic E-state index is 5.35. The number of nitrogens with zero attached hydrogens (tertiary/aromatic N) is 3. The van der Waals surface area contributed by atoms with Gasteiger partial charge in [-0.05, 0) is 12.2 Å². The van der Waals surface area contributed by atoms with E-state index in [0.29, 0.717) is 4.77 Å². The first-order chi connectivity index (χ1) is 9.84. The van der Waals surface area contributed by atoms with Crippen molar-refractivity contribution in [1.29, 1.82) is 0 Å². The lowest BCUT2D eigenvalue weighted by Crippen LogP contribution is -2.44. The van der Waals surface area contributed by atoms with Gasteiger partial charge in [-0.2, -0.15) is 5.10 Å². The minimum Gasteiger partial charge on any atom is -0.314 e. The van der Waals surface area contributed by atoms with Crippen LogP contribution in [0, 0.1) is 4.77 Å². The fourth-order valence-electron chi connectivity index (χ4n) is 2.51. The third-order valence-electron chi connectivity index (χ3n) is 3.64. The zero-order valence-electron chi connectivity index (χ0n) is 11.4. The summed E-state index contributed by atoms with van der Waals surface area (Å²) in [7, 11) is 0. The van der Waals surface area contributed by atoms with E-state index in [1.807, 2.05) is 18.2 Å². The monoisotopic (exact) mass is 289 g/mol. The normalized spacial score (nSPS) is 16.4. The predicted octanol–water partition coefficient (Wildman–Crippen LogP) is 1.51. The largest absolute Gasteiger partial charge is 0.314 e. The van der Waals surface area contributed by atoms with Crippen LogP contribution in [0.1, 0.15) is 0 Å². The van der Waals surface area contributed by atoms with Gasteiger partial charge in [0.15, 0.2) is 10.6 Å². The molecule has 5 nitrogen and oxygen atoms in total. The molecule has 0 spiro atoms. The molecule has 0 amide bonds. The summed E-state index contributed by atoms with van der Waals surface area (Å²) >= 11 is 5.35. The van der Waals surface area contributed by atoms with Crippen molar-refractivity contribution in [2.75, 3.05) is 32.7 Å². The van der Waals surface area contributed by atoms with Crippen molar-refractivity contribution in [1.82, 2.24) is 25.0 Å². The minimum absolute atomic E-state index is 0.694. The Labute approximate surface area is 123 Å². The van der Waals surface area contributed by atoms with Gasteiger partial charge >= 0.3 is 0 Å². The van der Waals surface area contributed by atoms with Crippen molar-refractivity contribution >= 4 is 12.2 Å². The van der Waals surface area contributed by atoms with Crippen LogP contribution in [0.2, 0.25) is 0 Å². The summed E-state index contributed by atoms with van der Waals surface area (Å²) in [5, 5.41) is 10.6. The Morgan fingerprint density at radius 1 is 1.10 bits per heavy atom. The topological polar surface area (TPSA) is 48.9 Å². The average molecular weight is 289 g/mol. The molecule has 1 aromatic heterocycles. The Balaban J connectivity index is 1.76. The molecule has 106 valence electrons. The molecule has 1 aliphatic rings. The molecule has 0 unspecified atom stereocenters. The van der Waals surface area contributed by atoms with Crippen molar-refractivity contribution in [2.24, 2.45) is 0 Å². The van der Waals surface area contributed by atoms with Crippen LogP contribution in [0.3, 0.4) is 0 Å². The van der Waals surface area contributed by atoms with Crippen molar-refractivity contribution in [2.45, 2.75) is 6.54 Å². The lowest BCUT2D eigenvalue weighted by molar-refractivity contribution is 0.232. The van der Waals surface area contributed by atoms with Gasteiger partial charge in [-0.15, -0.1) is 0 Å². The fourth-order valence-corrected chi connectivity index (χ4v) is 2.73. The zero-order chi connectivity index (χ0) is 13.8. The lowest BCUT2D eigenvalue weighted by Gasteiger charge is -2.27. The highest BCUT2D eigenvalue weighted by atomic mass is 32.1. The van der Waals surface area contributed by atoms with E-state index in [0.717, 1.165) is 50.7 Å². The Kier molecular flexibility index (Phi) is 4.25. The quantitative estimate of drug-likeness (QED) is 0.838. The minimum atomic E-state index is 0.694. The predicted molar refractivity (Wildman–Crippen MR) is 82.2 cm³/mol. The van der Waals surface area contributed by atoms with Gasteiger partial charge < -0.3 is 5.32 Å². The smallest absolute Gasteiger partial charge is 0.195 e. The number of rotatable bonds is 4. The first kappa shape index (κ1) is 13.5. The summed E-state index contributed by atoms with van der Waals surface area (Å²) in [6.07, 6.45) is 0. The third-order valence-corrected chi connectivity index (χ3v) is 3.95. The molecule has 1 aromatic carbocycles. The maximum atomic E-state index is 5.35. The van der Waals surface area contributed by atoms with Gasteiger partial charge in [0.25, 0.3) is 0 Å². The summed E-state index contributed by atoms with van der Waals surface area (Å²) in [5.41, 5.74) is 1.10. The number of aromatic nitrogens is 3. The van der Waals surface area contributed by atoms with Gasteiger partial charge in [0, 0.05) is 44.8 Å². The molecule has 6 heteroatoms. The van der Waals surface area contributed by atoms with E-state index < -0.39 is 0 Å². The van der Waals surface area contributed by atoms with E-state index in [2.05, 4.69) is 37.1 Å². The average Bonchev–Trinajstić information content (AvgIpc) is 2.88. The molecule has 0 atom stereocenters. The van der Waals surface area contributed by atoms with Gasteiger partial charge in [-0.1, -0.05) is 30.3 Å². The molecule has 0 radical (unpaired) electrons. The van der Waals surface area contributed by atoms with E-state index in [-0.39, 0.29) is 0 Å². The highest BCUT2D eigenvalue weighted by molar-refractivity contribution is 7.71. The second-order valence-electron chi connectivity index (χ2n) is 4.96. The van der Waals surface area contributed by atoms with E-state index in [1.54, 1.807) is 0 Å². The Bertz CT molecular complexity index is 598. The van der Waals surface area contributed by atoms with Crippen LogP contribution in [0.4, 0.5) is 0 Å². The summed E-state index contributed by atoms with van der Waals surface area (Å²) in [4.78, 5) is 2.46. The molecule has 0 saturated carbocycles. The molecular weight excluding hydrogens is 270 g/mol. The number of hydrogen-bond donors (Lipinski definition) is 2. The summed E-state index contributed by atoms with van der Waals surface area (Å²) in [5.74, 6) is 0.922. The van der Waals surface area contributed by atoms with Crippen LogP contribution >= 0.6 is 12.2 Å². The first-order valence-electron chi connectivity index (χ1n) is 6.98. The maximum Gasteiger partial charge on any atom is 0.195 e. The van der Waals surface area contributed by atoms with Gasteiger partial charge in [0.1, 0.15) is 0 Å². The van der Waals surface area contributed by atoms with Crippen LogP contribution in [0.25, 0.3) is 11.4 Å². The SMILES string of the molecule is S=c1[nH]nc(-c2ccccc2)n1CCN1CCNCC1. The molecule has 0 aliphatic carbocycles. The number of hydrogen-bond acceptors (Lipinski definition) is 4.